The molecule has 0 aliphatic carbocycles. The molecule has 18 heavy (non-hydrogen) atoms. The third-order valence-electron chi connectivity index (χ3n) is 2.04. The molecule has 1 aromatic heterocycles. The van der Waals surface area contributed by atoms with Gasteiger partial charge in [0.05, 0.1) is 4.90 Å². The van der Waals surface area contributed by atoms with E-state index in [4.69, 9.17) is 9.66 Å². The third-order valence-corrected chi connectivity index (χ3v) is 2.89. The van der Waals surface area contributed by atoms with Crippen molar-refractivity contribution in [3.05, 3.63) is 54.4 Å². The average Bonchev–Trinajstić information content (AvgIpc) is 2.34. The maximum Gasteiger partial charge on any atom is 0.294 e. The lowest BCUT2D eigenvalue weighted by molar-refractivity contribution is 0.463. The summed E-state index contributed by atoms with van der Waals surface area (Å²) < 4.78 is 29.6. The summed E-state index contributed by atoms with van der Waals surface area (Å²) in [5.41, 5.74) is 0.558. The lowest BCUT2D eigenvalue weighted by Gasteiger charge is -2.00. The van der Waals surface area contributed by atoms with Crippen molar-refractivity contribution in [3.63, 3.8) is 0 Å². The number of benzene rings is 1. The highest BCUT2D eigenvalue weighted by Crippen LogP contribution is 2.20. The molecule has 0 saturated heterocycles. The number of phenolic OH excluding ortho intramolecular Hbond substituents is 1. The van der Waals surface area contributed by atoms with Gasteiger partial charge in [-0.25, -0.2) is 0 Å². The molecule has 0 unspecified atom stereocenters. The first-order chi connectivity index (χ1) is 8.41. The summed E-state index contributed by atoms with van der Waals surface area (Å²) >= 11 is 0. The normalized spacial score (nSPS) is 10.3. The first-order valence-corrected chi connectivity index (χ1v) is 6.47. The molecule has 0 spiro atoms. The van der Waals surface area contributed by atoms with E-state index >= 15 is 0 Å². The van der Waals surface area contributed by atoms with Gasteiger partial charge >= 0.3 is 0 Å². The molecule has 2 rings (SSSR count). The molecule has 0 amide bonds. The zero-order valence-electron chi connectivity index (χ0n) is 9.69. The molecule has 2 aromatic rings. The van der Waals surface area contributed by atoms with E-state index in [-0.39, 0.29) is 10.6 Å². The molecule has 0 atom stereocenters. The molecular weight excluding hydrogens is 254 g/mol. The maximum absolute atomic E-state index is 10.5. The van der Waals surface area contributed by atoms with E-state index < -0.39 is 10.1 Å². The monoisotopic (exact) mass is 267 g/mol. The average molecular weight is 267 g/mol. The summed E-state index contributed by atoms with van der Waals surface area (Å²) in [5, 5.41) is 9.09. The number of pyridine rings is 1. The van der Waals surface area contributed by atoms with Crippen LogP contribution < -0.4 is 0 Å². The fourth-order valence-electron chi connectivity index (χ4n) is 1.06. The van der Waals surface area contributed by atoms with Crippen LogP contribution in [0.4, 0.5) is 0 Å². The number of rotatable bonds is 1. The molecule has 0 aliphatic heterocycles. The Morgan fingerprint density at radius 1 is 1.11 bits per heavy atom. The minimum atomic E-state index is -4.20. The molecule has 2 N–H and O–H groups in total. The second-order valence-electron chi connectivity index (χ2n) is 3.45. The zero-order valence-corrected chi connectivity index (χ0v) is 10.5. The second kappa shape index (κ2) is 6.13. The predicted octanol–water partition coefficient (Wildman–Crippen LogP) is 2.03. The number of aryl methyl sites for hydroxylation is 1. The van der Waals surface area contributed by atoms with Gasteiger partial charge < -0.3 is 5.11 Å². The summed E-state index contributed by atoms with van der Waals surface area (Å²) in [6.45, 7) is 1.63. The summed E-state index contributed by atoms with van der Waals surface area (Å²) in [6, 6.07) is 9.36. The van der Waals surface area contributed by atoms with Gasteiger partial charge in [0.15, 0.2) is 0 Å². The Bertz CT molecular complexity index is 570. The van der Waals surface area contributed by atoms with Crippen molar-refractivity contribution in [2.45, 2.75) is 11.8 Å². The van der Waals surface area contributed by atoms with Gasteiger partial charge in [-0.1, -0.05) is 12.1 Å². The molecule has 0 aliphatic rings. The van der Waals surface area contributed by atoms with Gasteiger partial charge in [-0.15, -0.1) is 0 Å². The standard InChI is InChI=1S/C7H8O4S.C5H5N/c1-5-2-3-6(4-7(5)8)12(9,10)11;1-2-4-6-5-3-1/h2-4,8H,1H3,(H,9,10,11);1-5H. The van der Waals surface area contributed by atoms with E-state index in [1.54, 1.807) is 19.3 Å². The van der Waals surface area contributed by atoms with Crippen molar-refractivity contribution < 1.29 is 18.1 Å². The number of aromatic hydroxyl groups is 1. The van der Waals surface area contributed by atoms with Crippen LogP contribution in [-0.2, 0) is 10.1 Å². The number of aromatic nitrogens is 1. The van der Waals surface area contributed by atoms with Crippen LogP contribution in [0.15, 0.2) is 53.7 Å². The van der Waals surface area contributed by atoms with E-state index in [2.05, 4.69) is 4.98 Å². The topological polar surface area (TPSA) is 87.5 Å². The highest BCUT2D eigenvalue weighted by molar-refractivity contribution is 7.85. The SMILES string of the molecule is Cc1ccc(S(=O)(=O)O)cc1O.c1ccncc1. The molecule has 0 saturated carbocycles. The Morgan fingerprint density at radius 2 is 1.72 bits per heavy atom. The van der Waals surface area contributed by atoms with Crippen molar-refractivity contribution in [1.82, 2.24) is 4.98 Å². The summed E-state index contributed by atoms with van der Waals surface area (Å²) in [5.74, 6) is -0.148. The van der Waals surface area contributed by atoms with Gasteiger partial charge in [-0.2, -0.15) is 8.42 Å². The zero-order chi connectivity index (χ0) is 13.6. The molecule has 0 bridgehead atoms. The second-order valence-corrected chi connectivity index (χ2v) is 4.87. The van der Waals surface area contributed by atoms with E-state index in [9.17, 15) is 8.42 Å². The van der Waals surface area contributed by atoms with Gasteiger partial charge in [0, 0.05) is 18.5 Å². The lowest BCUT2D eigenvalue weighted by atomic mass is 10.2. The number of nitrogens with zero attached hydrogens (tertiary/aromatic N) is 1. The highest BCUT2D eigenvalue weighted by atomic mass is 32.2. The van der Waals surface area contributed by atoms with Gasteiger partial charge in [0.25, 0.3) is 10.1 Å². The highest BCUT2D eigenvalue weighted by Gasteiger charge is 2.10. The van der Waals surface area contributed by atoms with Crippen LogP contribution in [0.1, 0.15) is 5.56 Å². The van der Waals surface area contributed by atoms with Crippen LogP contribution in [0.5, 0.6) is 5.75 Å². The lowest BCUT2D eigenvalue weighted by Crippen LogP contribution is -1.97. The van der Waals surface area contributed by atoms with Crippen molar-refractivity contribution in [3.8, 4) is 5.75 Å². The predicted molar refractivity (Wildman–Crippen MR) is 66.9 cm³/mol. The van der Waals surface area contributed by atoms with Crippen molar-refractivity contribution in [2.75, 3.05) is 0 Å². The summed E-state index contributed by atoms with van der Waals surface area (Å²) in [4.78, 5) is 3.48. The van der Waals surface area contributed by atoms with Gasteiger partial charge in [-0.05, 0) is 30.7 Å². The minimum Gasteiger partial charge on any atom is -0.508 e. The Balaban J connectivity index is 0.000000225. The van der Waals surface area contributed by atoms with E-state index in [0.717, 1.165) is 6.07 Å². The molecule has 1 aromatic carbocycles. The Morgan fingerprint density at radius 3 is 2.06 bits per heavy atom. The van der Waals surface area contributed by atoms with Gasteiger partial charge in [0.2, 0.25) is 0 Å². The van der Waals surface area contributed by atoms with Crippen LogP contribution in [0, 0.1) is 6.92 Å². The molecule has 96 valence electrons. The molecular formula is C12H13NO4S. The van der Waals surface area contributed by atoms with Gasteiger partial charge in [-0.3, -0.25) is 9.54 Å². The van der Waals surface area contributed by atoms with Crippen LogP contribution in [0.2, 0.25) is 0 Å². The van der Waals surface area contributed by atoms with E-state index in [1.807, 2.05) is 18.2 Å². The molecule has 6 heteroatoms. The maximum atomic E-state index is 10.5. The van der Waals surface area contributed by atoms with Gasteiger partial charge in [0.1, 0.15) is 5.75 Å². The Kier molecular flexibility index (Phi) is 4.82. The van der Waals surface area contributed by atoms with E-state index in [1.165, 1.54) is 12.1 Å². The first-order valence-electron chi connectivity index (χ1n) is 5.03. The fourth-order valence-corrected chi connectivity index (χ4v) is 1.56. The van der Waals surface area contributed by atoms with Crippen LogP contribution >= 0.6 is 0 Å². The largest absolute Gasteiger partial charge is 0.508 e. The summed E-state index contributed by atoms with van der Waals surface area (Å²) in [7, 11) is -4.20. The van der Waals surface area contributed by atoms with Crippen LogP contribution in [0.3, 0.4) is 0 Å². The third kappa shape index (κ3) is 4.52. The molecule has 0 radical (unpaired) electrons. The quantitative estimate of drug-likeness (QED) is 0.772. The van der Waals surface area contributed by atoms with Crippen LogP contribution in [-0.4, -0.2) is 23.1 Å². The fraction of sp³-hybridized carbons (Fsp3) is 0.0833. The Labute approximate surface area is 106 Å². The number of hydrogen-bond acceptors (Lipinski definition) is 4. The van der Waals surface area contributed by atoms with E-state index in [0.29, 0.717) is 5.56 Å². The smallest absolute Gasteiger partial charge is 0.294 e. The van der Waals surface area contributed by atoms with Crippen molar-refractivity contribution >= 4 is 10.1 Å². The van der Waals surface area contributed by atoms with Crippen LogP contribution in [0.25, 0.3) is 0 Å². The Hall–Kier alpha value is -1.92. The number of phenols is 1. The minimum absolute atomic E-state index is 0.148. The molecule has 1 heterocycles. The molecule has 5 nitrogen and oxygen atoms in total. The van der Waals surface area contributed by atoms with Crippen molar-refractivity contribution in [1.29, 1.82) is 0 Å². The van der Waals surface area contributed by atoms with Crippen molar-refractivity contribution in [2.24, 2.45) is 0 Å². The number of hydrogen-bond donors (Lipinski definition) is 2. The molecule has 0 fully saturated rings. The first kappa shape index (κ1) is 14.1. The summed E-state index contributed by atoms with van der Waals surface area (Å²) in [6.07, 6.45) is 3.50.